The Balaban J connectivity index is 1.54. The number of para-hydroxylation sites is 1. The zero-order valence-electron chi connectivity index (χ0n) is 12.9. The van der Waals surface area contributed by atoms with E-state index >= 15 is 0 Å². The van der Waals surface area contributed by atoms with Gasteiger partial charge in [0.25, 0.3) is 0 Å². The number of hydrogen-bond donors (Lipinski definition) is 2. The third kappa shape index (κ3) is 3.03. The molecule has 0 unspecified atom stereocenters. The summed E-state index contributed by atoms with van der Waals surface area (Å²) in [6.45, 7) is 4.78. The van der Waals surface area contributed by atoms with Crippen molar-refractivity contribution in [2.45, 2.75) is 26.8 Å². The highest BCUT2D eigenvalue weighted by molar-refractivity contribution is 5.83. The molecule has 0 bridgehead atoms. The molecule has 0 saturated heterocycles. The molecule has 2 aromatic heterocycles. The molecular weight excluding hydrogens is 276 g/mol. The minimum Gasteiger partial charge on any atom is -0.361 e. The quantitative estimate of drug-likeness (QED) is 0.759. The van der Waals surface area contributed by atoms with Crippen LogP contribution < -0.4 is 5.32 Å². The number of carbonyl (C=O) groups excluding carboxylic acids is 1. The molecule has 3 aromatic rings. The predicted octanol–water partition coefficient (Wildman–Crippen LogP) is 2.34. The largest absolute Gasteiger partial charge is 0.361 e. The Labute approximate surface area is 129 Å². The zero-order valence-corrected chi connectivity index (χ0v) is 12.9. The molecule has 0 fully saturated rings. The average Bonchev–Trinajstić information content (AvgIpc) is 3.03. The van der Waals surface area contributed by atoms with Gasteiger partial charge in [-0.15, -0.1) is 0 Å². The molecule has 0 aliphatic heterocycles. The van der Waals surface area contributed by atoms with E-state index in [0.29, 0.717) is 6.54 Å². The molecule has 114 valence electrons. The van der Waals surface area contributed by atoms with Crippen molar-refractivity contribution < 1.29 is 4.79 Å². The third-order valence-electron chi connectivity index (χ3n) is 3.79. The van der Waals surface area contributed by atoms with E-state index in [1.54, 1.807) is 4.68 Å². The lowest BCUT2D eigenvalue weighted by atomic mass is 10.1. The average molecular weight is 296 g/mol. The van der Waals surface area contributed by atoms with Gasteiger partial charge in [0.15, 0.2) is 0 Å². The number of amides is 1. The van der Waals surface area contributed by atoms with Crippen LogP contribution in [0.3, 0.4) is 0 Å². The van der Waals surface area contributed by atoms with E-state index in [2.05, 4.69) is 27.5 Å². The number of nitrogens with one attached hydrogen (secondary N) is 2. The Bertz CT molecular complexity index is 800. The van der Waals surface area contributed by atoms with Crippen molar-refractivity contribution in [3.63, 3.8) is 0 Å². The summed E-state index contributed by atoms with van der Waals surface area (Å²) in [7, 11) is 0. The summed E-state index contributed by atoms with van der Waals surface area (Å²) in [5.74, 6) is -0.00830. The summed E-state index contributed by atoms with van der Waals surface area (Å²) >= 11 is 0. The van der Waals surface area contributed by atoms with E-state index in [-0.39, 0.29) is 12.5 Å². The molecule has 0 spiro atoms. The number of fused-ring (bicyclic) bond motifs is 1. The summed E-state index contributed by atoms with van der Waals surface area (Å²) < 4.78 is 1.73. The molecule has 2 heterocycles. The number of rotatable bonds is 5. The van der Waals surface area contributed by atoms with Gasteiger partial charge in [0.2, 0.25) is 5.91 Å². The lowest BCUT2D eigenvalue weighted by molar-refractivity contribution is -0.121. The molecule has 0 radical (unpaired) electrons. The fraction of sp³-hybridized carbons (Fsp3) is 0.294. The molecule has 3 rings (SSSR count). The van der Waals surface area contributed by atoms with E-state index < -0.39 is 0 Å². The molecular formula is C17H20N4O. The fourth-order valence-corrected chi connectivity index (χ4v) is 2.70. The number of aryl methyl sites for hydroxylation is 2. The van der Waals surface area contributed by atoms with Crippen molar-refractivity contribution in [1.29, 1.82) is 0 Å². The van der Waals surface area contributed by atoms with Gasteiger partial charge >= 0.3 is 0 Å². The molecule has 5 heteroatoms. The molecule has 0 saturated carbocycles. The normalized spacial score (nSPS) is 11.0. The summed E-state index contributed by atoms with van der Waals surface area (Å²) in [5, 5.41) is 8.47. The number of aromatic amines is 1. The number of carbonyl (C=O) groups is 1. The molecule has 0 aliphatic rings. The maximum absolute atomic E-state index is 12.0. The van der Waals surface area contributed by atoms with Crippen LogP contribution in [0.4, 0.5) is 0 Å². The first-order chi connectivity index (χ1) is 10.6. The Kier molecular flexibility index (Phi) is 3.96. The minimum atomic E-state index is -0.00830. The first-order valence-corrected chi connectivity index (χ1v) is 7.46. The van der Waals surface area contributed by atoms with Crippen molar-refractivity contribution in [3.8, 4) is 0 Å². The highest BCUT2D eigenvalue weighted by atomic mass is 16.2. The van der Waals surface area contributed by atoms with Gasteiger partial charge in [0.05, 0.1) is 5.69 Å². The molecule has 0 aliphatic carbocycles. The van der Waals surface area contributed by atoms with Crippen LogP contribution in [0, 0.1) is 13.8 Å². The van der Waals surface area contributed by atoms with Crippen LogP contribution in [0.2, 0.25) is 0 Å². The monoisotopic (exact) mass is 296 g/mol. The number of benzene rings is 1. The summed E-state index contributed by atoms with van der Waals surface area (Å²) in [6.07, 6.45) is 2.82. The van der Waals surface area contributed by atoms with Gasteiger partial charge < -0.3 is 10.3 Å². The second-order valence-corrected chi connectivity index (χ2v) is 5.54. The van der Waals surface area contributed by atoms with Crippen molar-refractivity contribution in [2.75, 3.05) is 6.54 Å². The van der Waals surface area contributed by atoms with E-state index in [1.807, 2.05) is 38.2 Å². The van der Waals surface area contributed by atoms with Crippen LogP contribution >= 0.6 is 0 Å². The lowest BCUT2D eigenvalue weighted by Gasteiger charge is -2.06. The zero-order chi connectivity index (χ0) is 15.5. The van der Waals surface area contributed by atoms with Crippen LogP contribution in [0.5, 0.6) is 0 Å². The van der Waals surface area contributed by atoms with E-state index in [0.717, 1.165) is 23.3 Å². The Morgan fingerprint density at radius 1 is 1.32 bits per heavy atom. The Hall–Kier alpha value is -2.56. The first-order valence-electron chi connectivity index (χ1n) is 7.46. The minimum absolute atomic E-state index is 0.00830. The van der Waals surface area contributed by atoms with Crippen LogP contribution in [0.15, 0.2) is 36.5 Å². The van der Waals surface area contributed by atoms with Crippen molar-refractivity contribution >= 4 is 16.8 Å². The van der Waals surface area contributed by atoms with Gasteiger partial charge in [0.1, 0.15) is 6.54 Å². The topological polar surface area (TPSA) is 62.7 Å². The van der Waals surface area contributed by atoms with E-state index in [9.17, 15) is 4.79 Å². The van der Waals surface area contributed by atoms with Crippen LogP contribution in [0.25, 0.3) is 10.9 Å². The van der Waals surface area contributed by atoms with Crippen LogP contribution in [0.1, 0.15) is 17.0 Å². The van der Waals surface area contributed by atoms with Crippen molar-refractivity contribution in [3.05, 3.63) is 53.5 Å². The van der Waals surface area contributed by atoms with Gasteiger partial charge in [-0.2, -0.15) is 5.10 Å². The first kappa shape index (κ1) is 14.4. The maximum atomic E-state index is 12.0. The van der Waals surface area contributed by atoms with E-state index in [4.69, 9.17) is 0 Å². The van der Waals surface area contributed by atoms with Gasteiger partial charge in [-0.3, -0.25) is 9.48 Å². The number of aromatic nitrogens is 3. The number of nitrogens with zero attached hydrogens (tertiary/aromatic N) is 2. The summed E-state index contributed by atoms with van der Waals surface area (Å²) in [5.41, 5.74) is 4.29. The Morgan fingerprint density at radius 2 is 2.14 bits per heavy atom. The standard InChI is InChI=1S/C17H20N4O/c1-12-9-13(2)21(20-12)11-17(22)18-8-7-14-10-19-16-6-4-3-5-15(14)16/h3-6,9-10,19H,7-8,11H2,1-2H3,(H,18,22). The molecule has 22 heavy (non-hydrogen) atoms. The number of hydrogen-bond acceptors (Lipinski definition) is 2. The molecule has 5 nitrogen and oxygen atoms in total. The predicted molar refractivity (Wildman–Crippen MR) is 86.7 cm³/mol. The van der Waals surface area contributed by atoms with Crippen molar-refractivity contribution in [1.82, 2.24) is 20.1 Å². The molecule has 2 N–H and O–H groups in total. The molecule has 1 amide bonds. The molecule has 0 atom stereocenters. The van der Waals surface area contributed by atoms with Crippen molar-refractivity contribution in [2.24, 2.45) is 0 Å². The maximum Gasteiger partial charge on any atom is 0.241 e. The fourth-order valence-electron chi connectivity index (χ4n) is 2.70. The lowest BCUT2D eigenvalue weighted by Crippen LogP contribution is -2.30. The van der Waals surface area contributed by atoms with Crippen LogP contribution in [-0.2, 0) is 17.8 Å². The Morgan fingerprint density at radius 3 is 2.91 bits per heavy atom. The van der Waals surface area contributed by atoms with Gasteiger partial charge in [0, 0.05) is 29.3 Å². The van der Waals surface area contributed by atoms with Gasteiger partial charge in [-0.1, -0.05) is 18.2 Å². The third-order valence-corrected chi connectivity index (χ3v) is 3.79. The second kappa shape index (κ2) is 6.05. The summed E-state index contributed by atoms with van der Waals surface area (Å²) in [6, 6.07) is 10.2. The highest BCUT2D eigenvalue weighted by Gasteiger charge is 2.07. The SMILES string of the molecule is Cc1cc(C)n(CC(=O)NCCc2c[nH]c3ccccc23)n1. The highest BCUT2D eigenvalue weighted by Crippen LogP contribution is 2.17. The summed E-state index contributed by atoms with van der Waals surface area (Å²) in [4.78, 5) is 15.2. The van der Waals surface area contributed by atoms with Crippen LogP contribution in [-0.4, -0.2) is 27.2 Å². The van der Waals surface area contributed by atoms with Gasteiger partial charge in [-0.25, -0.2) is 0 Å². The number of H-pyrrole nitrogens is 1. The van der Waals surface area contributed by atoms with Gasteiger partial charge in [-0.05, 0) is 38.0 Å². The molecule has 1 aromatic carbocycles. The smallest absolute Gasteiger partial charge is 0.241 e. The van der Waals surface area contributed by atoms with E-state index in [1.165, 1.54) is 10.9 Å². The second-order valence-electron chi connectivity index (χ2n) is 5.54.